The van der Waals surface area contributed by atoms with Crippen LogP contribution in [0, 0.1) is 0 Å². The Labute approximate surface area is 49.1 Å². The molecule has 0 spiro atoms. The summed E-state index contributed by atoms with van der Waals surface area (Å²) in [5.41, 5.74) is 5.23. The van der Waals surface area contributed by atoms with Crippen molar-refractivity contribution in [3.63, 3.8) is 0 Å². The molecular weight excluding hydrogens is 110 g/mol. The Morgan fingerprint density at radius 2 is 2.29 bits per heavy atom. The molecule has 0 bridgehead atoms. The molecule has 0 fully saturated rings. The van der Waals surface area contributed by atoms with Crippen molar-refractivity contribution >= 4 is 12.6 Å². The Morgan fingerprint density at radius 3 is 2.43 bits per heavy atom. The SMILES string of the molecule is NC(S)CCCO. The summed E-state index contributed by atoms with van der Waals surface area (Å²) in [6, 6.07) is 0. The van der Waals surface area contributed by atoms with E-state index >= 15 is 0 Å². The molecule has 0 aromatic carbocycles. The van der Waals surface area contributed by atoms with Crippen LogP contribution in [0.1, 0.15) is 12.8 Å². The van der Waals surface area contributed by atoms with Crippen LogP contribution < -0.4 is 5.73 Å². The average Bonchev–Trinajstić information content (AvgIpc) is 1.61. The number of hydrogen-bond acceptors (Lipinski definition) is 3. The van der Waals surface area contributed by atoms with Crippen LogP contribution in [0.25, 0.3) is 0 Å². The second-order valence-corrected chi connectivity index (χ2v) is 2.10. The van der Waals surface area contributed by atoms with Gasteiger partial charge in [-0.25, -0.2) is 0 Å². The molecule has 3 N–H and O–H groups in total. The lowest BCUT2D eigenvalue weighted by atomic mass is 10.3. The number of thiol groups is 1. The predicted octanol–water partition coefficient (Wildman–Crippen LogP) is -0.0265. The van der Waals surface area contributed by atoms with Crippen LogP contribution in [-0.2, 0) is 0 Å². The first kappa shape index (κ1) is 7.27. The predicted molar refractivity (Wildman–Crippen MR) is 33.3 cm³/mol. The zero-order valence-corrected chi connectivity index (χ0v) is 5.06. The molecule has 2 nitrogen and oxygen atoms in total. The third kappa shape index (κ3) is 6.27. The van der Waals surface area contributed by atoms with Crippen molar-refractivity contribution in [1.82, 2.24) is 0 Å². The highest BCUT2D eigenvalue weighted by Gasteiger charge is 1.90. The molecule has 0 saturated heterocycles. The molecule has 0 aliphatic rings. The fourth-order valence-electron chi connectivity index (χ4n) is 0.300. The van der Waals surface area contributed by atoms with Gasteiger partial charge in [-0.05, 0) is 12.8 Å². The summed E-state index contributed by atoms with van der Waals surface area (Å²) in [5, 5.41) is 8.16. The van der Waals surface area contributed by atoms with Crippen molar-refractivity contribution in [2.75, 3.05) is 6.61 Å². The van der Waals surface area contributed by atoms with E-state index in [2.05, 4.69) is 12.6 Å². The average molecular weight is 121 g/mol. The van der Waals surface area contributed by atoms with Crippen molar-refractivity contribution < 1.29 is 5.11 Å². The van der Waals surface area contributed by atoms with E-state index in [1.54, 1.807) is 0 Å². The van der Waals surface area contributed by atoms with Gasteiger partial charge in [0, 0.05) is 12.0 Å². The van der Waals surface area contributed by atoms with E-state index in [1.165, 1.54) is 0 Å². The molecular formula is C4H11NOS. The zero-order valence-electron chi connectivity index (χ0n) is 4.17. The lowest BCUT2D eigenvalue weighted by Crippen LogP contribution is -2.11. The molecule has 0 saturated carbocycles. The molecule has 1 unspecified atom stereocenters. The molecule has 0 heterocycles. The van der Waals surface area contributed by atoms with Gasteiger partial charge in [0.1, 0.15) is 0 Å². The molecule has 0 amide bonds. The van der Waals surface area contributed by atoms with Gasteiger partial charge in [0.25, 0.3) is 0 Å². The summed E-state index contributed by atoms with van der Waals surface area (Å²) in [5.74, 6) is 0. The van der Waals surface area contributed by atoms with E-state index in [-0.39, 0.29) is 12.0 Å². The molecule has 3 heteroatoms. The van der Waals surface area contributed by atoms with Gasteiger partial charge >= 0.3 is 0 Å². The lowest BCUT2D eigenvalue weighted by molar-refractivity contribution is 0.284. The molecule has 0 aliphatic heterocycles. The second-order valence-electron chi connectivity index (χ2n) is 1.43. The van der Waals surface area contributed by atoms with Crippen LogP contribution in [0.3, 0.4) is 0 Å². The fraction of sp³-hybridized carbons (Fsp3) is 1.00. The van der Waals surface area contributed by atoms with Crippen LogP contribution in [0.15, 0.2) is 0 Å². The van der Waals surface area contributed by atoms with Gasteiger partial charge in [0.15, 0.2) is 0 Å². The lowest BCUT2D eigenvalue weighted by Gasteiger charge is -1.98. The molecule has 7 heavy (non-hydrogen) atoms. The smallest absolute Gasteiger partial charge is 0.0478 e. The Bertz CT molecular complexity index is 40.7. The maximum absolute atomic E-state index is 8.23. The highest BCUT2D eigenvalue weighted by molar-refractivity contribution is 7.80. The van der Waals surface area contributed by atoms with E-state index in [9.17, 15) is 0 Å². The molecule has 0 aliphatic carbocycles. The van der Waals surface area contributed by atoms with Crippen LogP contribution in [0.4, 0.5) is 0 Å². The minimum Gasteiger partial charge on any atom is -0.396 e. The number of hydrogen-bond donors (Lipinski definition) is 3. The molecule has 0 aromatic rings. The van der Waals surface area contributed by atoms with Gasteiger partial charge < -0.3 is 10.8 Å². The molecule has 44 valence electrons. The molecule has 1 atom stereocenters. The first-order valence-electron chi connectivity index (χ1n) is 2.32. The van der Waals surface area contributed by atoms with Gasteiger partial charge in [-0.15, -0.1) is 0 Å². The summed E-state index contributed by atoms with van der Waals surface area (Å²) in [7, 11) is 0. The van der Waals surface area contributed by atoms with Crippen molar-refractivity contribution in [2.24, 2.45) is 5.73 Å². The fourth-order valence-corrected chi connectivity index (χ4v) is 0.483. The first-order valence-corrected chi connectivity index (χ1v) is 2.83. The summed E-state index contributed by atoms with van der Waals surface area (Å²) < 4.78 is 0. The topological polar surface area (TPSA) is 46.2 Å². The zero-order chi connectivity index (χ0) is 5.70. The van der Waals surface area contributed by atoms with Gasteiger partial charge in [0.2, 0.25) is 0 Å². The van der Waals surface area contributed by atoms with E-state index < -0.39 is 0 Å². The highest BCUT2D eigenvalue weighted by atomic mass is 32.1. The monoisotopic (exact) mass is 121 g/mol. The third-order valence-corrected chi connectivity index (χ3v) is 0.916. The standard InChI is InChI=1S/C4H11NOS/c5-4(7)2-1-3-6/h4,6-7H,1-3,5H2. The minimum atomic E-state index is -0.0628. The van der Waals surface area contributed by atoms with Gasteiger partial charge in [-0.3, -0.25) is 0 Å². The van der Waals surface area contributed by atoms with Crippen molar-refractivity contribution in [3.8, 4) is 0 Å². The van der Waals surface area contributed by atoms with E-state index in [0.717, 1.165) is 12.8 Å². The quantitative estimate of drug-likeness (QED) is 0.363. The molecule has 0 rings (SSSR count). The van der Waals surface area contributed by atoms with Gasteiger partial charge in [-0.2, -0.15) is 12.6 Å². The summed E-state index contributed by atoms with van der Waals surface area (Å²) >= 11 is 3.90. The summed E-state index contributed by atoms with van der Waals surface area (Å²) in [4.78, 5) is 0. The Kier molecular flexibility index (Phi) is 4.60. The highest BCUT2D eigenvalue weighted by Crippen LogP contribution is 1.94. The number of nitrogens with two attached hydrogens (primary N) is 1. The van der Waals surface area contributed by atoms with Crippen LogP contribution >= 0.6 is 12.6 Å². The largest absolute Gasteiger partial charge is 0.396 e. The second kappa shape index (κ2) is 4.43. The minimum absolute atomic E-state index is 0.0628. The Morgan fingerprint density at radius 1 is 1.71 bits per heavy atom. The summed E-state index contributed by atoms with van der Waals surface area (Å²) in [6.45, 7) is 0.217. The maximum atomic E-state index is 8.23. The van der Waals surface area contributed by atoms with E-state index in [4.69, 9.17) is 10.8 Å². The third-order valence-electron chi connectivity index (χ3n) is 0.658. The van der Waals surface area contributed by atoms with E-state index in [0.29, 0.717) is 0 Å². The van der Waals surface area contributed by atoms with Crippen LogP contribution in [0.5, 0.6) is 0 Å². The number of rotatable bonds is 3. The normalized spacial score (nSPS) is 14.1. The molecule has 0 radical (unpaired) electrons. The maximum Gasteiger partial charge on any atom is 0.0478 e. The number of aliphatic hydroxyl groups is 1. The van der Waals surface area contributed by atoms with Crippen LogP contribution in [-0.4, -0.2) is 17.1 Å². The van der Waals surface area contributed by atoms with Crippen molar-refractivity contribution in [3.05, 3.63) is 0 Å². The van der Waals surface area contributed by atoms with Crippen molar-refractivity contribution in [1.29, 1.82) is 0 Å². The van der Waals surface area contributed by atoms with Crippen LogP contribution in [0.2, 0.25) is 0 Å². The van der Waals surface area contributed by atoms with Gasteiger partial charge in [0.05, 0.1) is 0 Å². The van der Waals surface area contributed by atoms with E-state index in [1.807, 2.05) is 0 Å². The first-order chi connectivity index (χ1) is 3.27. The summed E-state index contributed by atoms with van der Waals surface area (Å²) in [6.07, 6.45) is 1.55. The Balaban J connectivity index is 2.68. The number of aliphatic hydroxyl groups excluding tert-OH is 1. The Hall–Kier alpha value is 0.270. The molecule has 0 aromatic heterocycles. The van der Waals surface area contributed by atoms with Crippen molar-refractivity contribution in [2.45, 2.75) is 18.2 Å². The van der Waals surface area contributed by atoms with Gasteiger partial charge in [-0.1, -0.05) is 0 Å².